The molecule has 104 valence electrons. The fraction of sp³-hybridized carbons (Fsp3) is 0.625. The Labute approximate surface area is 125 Å². The molecular formula is C16H21Cl2N. The Morgan fingerprint density at radius 3 is 2.53 bits per heavy atom. The molecule has 3 heteroatoms. The monoisotopic (exact) mass is 297 g/mol. The summed E-state index contributed by atoms with van der Waals surface area (Å²) in [7, 11) is 0. The van der Waals surface area contributed by atoms with Crippen LogP contribution in [0.4, 0.5) is 5.69 Å². The summed E-state index contributed by atoms with van der Waals surface area (Å²) in [4.78, 5) is 0. The highest BCUT2D eigenvalue weighted by atomic mass is 35.5. The minimum absolute atomic E-state index is 0.525. The second kappa shape index (κ2) is 4.86. The molecule has 0 aromatic heterocycles. The zero-order chi connectivity index (χ0) is 13.6. The predicted octanol–water partition coefficient (Wildman–Crippen LogP) is 5.72. The average molecular weight is 298 g/mol. The van der Waals surface area contributed by atoms with Gasteiger partial charge < -0.3 is 5.32 Å². The molecule has 2 aliphatic rings. The largest absolute Gasteiger partial charge is 0.383 e. The van der Waals surface area contributed by atoms with Crippen molar-refractivity contribution in [1.82, 2.24) is 0 Å². The fourth-order valence-corrected chi connectivity index (χ4v) is 4.21. The molecule has 1 aliphatic heterocycles. The van der Waals surface area contributed by atoms with E-state index in [0.29, 0.717) is 11.3 Å². The van der Waals surface area contributed by atoms with Gasteiger partial charge in [-0.2, -0.15) is 0 Å². The standard InChI is InChI=1S/C16H21Cl2N/c1-16(2)5-3-10(4-6-16)13-9-19-15-12(13)7-11(17)8-14(15)18/h7-8,10,13,19H,3-6,9H2,1-2H3. The second-order valence-electron chi connectivity index (χ2n) is 6.84. The number of fused-ring (bicyclic) bond motifs is 1. The molecular weight excluding hydrogens is 277 g/mol. The zero-order valence-corrected chi connectivity index (χ0v) is 13.1. The maximum absolute atomic E-state index is 6.28. The number of anilines is 1. The zero-order valence-electron chi connectivity index (χ0n) is 11.6. The van der Waals surface area contributed by atoms with Gasteiger partial charge in [0, 0.05) is 17.5 Å². The molecule has 0 saturated heterocycles. The van der Waals surface area contributed by atoms with E-state index in [1.807, 2.05) is 6.07 Å². The lowest BCUT2D eigenvalue weighted by Crippen LogP contribution is -2.25. The second-order valence-corrected chi connectivity index (χ2v) is 7.68. The Bertz CT molecular complexity index is 486. The van der Waals surface area contributed by atoms with Crippen molar-refractivity contribution < 1.29 is 0 Å². The number of hydrogen-bond donors (Lipinski definition) is 1. The van der Waals surface area contributed by atoms with E-state index in [1.54, 1.807) is 0 Å². The van der Waals surface area contributed by atoms with Crippen molar-refractivity contribution in [2.75, 3.05) is 11.9 Å². The van der Waals surface area contributed by atoms with Gasteiger partial charge in [-0.1, -0.05) is 37.0 Å². The van der Waals surface area contributed by atoms with Crippen molar-refractivity contribution in [3.8, 4) is 0 Å². The highest BCUT2D eigenvalue weighted by Crippen LogP contribution is 2.48. The van der Waals surface area contributed by atoms with Crippen LogP contribution in [0.25, 0.3) is 0 Å². The minimum atomic E-state index is 0.525. The lowest BCUT2D eigenvalue weighted by molar-refractivity contribution is 0.176. The molecule has 1 aromatic carbocycles. The van der Waals surface area contributed by atoms with Crippen LogP contribution in [-0.4, -0.2) is 6.54 Å². The van der Waals surface area contributed by atoms with Crippen molar-refractivity contribution in [2.24, 2.45) is 11.3 Å². The summed E-state index contributed by atoms with van der Waals surface area (Å²) in [6, 6.07) is 3.94. The average Bonchev–Trinajstić information content (AvgIpc) is 2.73. The Hall–Kier alpha value is -0.400. The number of benzene rings is 1. The molecule has 0 amide bonds. The first-order valence-corrected chi connectivity index (χ1v) is 7.95. The van der Waals surface area contributed by atoms with Crippen LogP contribution in [0.2, 0.25) is 10.0 Å². The molecule has 3 rings (SSSR count). The van der Waals surface area contributed by atoms with Crippen LogP contribution in [0.15, 0.2) is 12.1 Å². The van der Waals surface area contributed by atoms with Gasteiger partial charge in [0.05, 0.1) is 10.7 Å². The highest BCUT2D eigenvalue weighted by molar-refractivity contribution is 6.36. The van der Waals surface area contributed by atoms with Gasteiger partial charge in [-0.05, 0) is 54.7 Å². The van der Waals surface area contributed by atoms with E-state index in [1.165, 1.54) is 31.2 Å². The molecule has 0 radical (unpaired) electrons. The molecule has 19 heavy (non-hydrogen) atoms. The van der Waals surface area contributed by atoms with Crippen molar-refractivity contribution >= 4 is 28.9 Å². The van der Waals surface area contributed by atoms with Crippen LogP contribution >= 0.6 is 23.2 Å². The SMILES string of the molecule is CC1(C)CCC(C2CNc3c(Cl)cc(Cl)cc32)CC1. The van der Waals surface area contributed by atoms with Gasteiger partial charge in [0.2, 0.25) is 0 Å². The summed E-state index contributed by atoms with van der Waals surface area (Å²) in [5.74, 6) is 1.36. The van der Waals surface area contributed by atoms with Crippen LogP contribution in [0.1, 0.15) is 51.0 Å². The molecule has 1 N–H and O–H groups in total. The molecule has 1 saturated carbocycles. The van der Waals surface area contributed by atoms with Gasteiger partial charge in [-0.25, -0.2) is 0 Å². The van der Waals surface area contributed by atoms with Crippen LogP contribution in [-0.2, 0) is 0 Å². The molecule has 0 bridgehead atoms. The molecule has 1 unspecified atom stereocenters. The summed E-state index contributed by atoms with van der Waals surface area (Å²) < 4.78 is 0. The van der Waals surface area contributed by atoms with Crippen LogP contribution in [0.5, 0.6) is 0 Å². The normalized spacial score (nSPS) is 26.0. The van der Waals surface area contributed by atoms with Gasteiger partial charge in [0.25, 0.3) is 0 Å². The maximum atomic E-state index is 6.28. The molecule has 0 spiro atoms. The Balaban J connectivity index is 1.83. The summed E-state index contributed by atoms with van der Waals surface area (Å²) in [6.45, 7) is 5.79. The smallest absolute Gasteiger partial charge is 0.0655 e. The van der Waals surface area contributed by atoms with Gasteiger partial charge in [0.15, 0.2) is 0 Å². The summed E-state index contributed by atoms with van der Waals surface area (Å²) in [5.41, 5.74) is 2.97. The third kappa shape index (κ3) is 2.60. The van der Waals surface area contributed by atoms with E-state index in [-0.39, 0.29) is 0 Å². The predicted molar refractivity (Wildman–Crippen MR) is 83.4 cm³/mol. The quantitative estimate of drug-likeness (QED) is 0.699. The summed E-state index contributed by atoms with van der Waals surface area (Å²) in [6.07, 6.45) is 5.31. The summed E-state index contributed by atoms with van der Waals surface area (Å²) >= 11 is 12.4. The van der Waals surface area contributed by atoms with E-state index in [9.17, 15) is 0 Å². The Kier molecular flexibility index (Phi) is 3.47. The topological polar surface area (TPSA) is 12.0 Å². The third-order valence-electron chi connectivity index (χ3n) is 4.94. The maximum Gasteiger partial charge on any atom is 0.0655 e. The third-order valence-corrected chi connectivity index (χ3v) is 5.45. The molecule has 1 aromatic rings. The van der Waals surface area contributed by atoms with Gasteiger partial charge in [-0.15, -0.1) is 0 Å². The van der Waals surface area contributed by atoms with E-state index >= 15 is 0 Å². The van der Waals surface area contributed by atoms with Gasteiger partial charge >= 0.3 is 0 Å². The molecule has 1 heterocycles. The fourth-order valence-electron chi connectivity index (χ4n) is 3.64. The lowest BCUT2D eigenvalue weighted by atomic mass is 9.68. The van der Waals surface area contributed by atoms with Crippen molar-refractivity contribution in [3.63, 3.8) is 0 Å². The van der Waals surface area contributed by atoms with Crippen LogP contribution in [0, 0.1) is 11.3 Å². The number of rotatable bonds is 1. The van der Waals surface area contributed by atoms with Gasteiger partial charge in [-0.3, -0.25) is 0 Å². The molecule has 1 nitrogen and oxygen atoms in total. The first-order chi connectivity index (χ1) is 8.96. The molecule has 1 aliphatic carbocycles. The van der Waals surface area contributed by atoms with E-state index in [4.69, 9.17) is 23.2 Å². The summed E-state index contributed by atoms with van der Waals surface area (Å²) in [5, 5.41) is 5.00. The Morgan fingerprint density at radius 2 is 1.84 bits per heavy atom. The molecule has 1 atom stereocenters. The Morgan fingerprint density at radius 1 is 1.16 bits per heavy atom. The number of hydrogen-bond acceptors (Lipinski definition) is 1. The first-order valence-electron chi connectivity index (χ1n) is 7.19. The van der Waals surface area contributed by atoms with Crippen LogP contribution in [0.3, 0.4) is 0 Å². The lowest BCUT2D eigenvalue weighted by Gasteiger charge is -2.37. The van der Waals surface area contributed by atoms with Crippen molar-refractivity contribution in [1.29, 1.82) is 0 Å². The van der Waals surface area contributed by atoms with Crippen LogP contribution < -0.4 is 5.32 Å². The molecule has 1 fully saturated rings. The first kappa shape index (κ1) is 13.6. The number of nitrogens with one attached hydrogen (secondary N) is 1. The number of halogens is 2. The van der Waals surface area contributed by atoms with Crippen molar-refractivity contribution in [2.45, 2.75) is 45.4 Å². The minimum Gasteiger partial charge on any atom is -0.383 e. The van der Waals surface area contributed by atoms with E-state index in [2.05, 4.69) is 25.2 Å². The van der Waals surface area contributed by atoms with E-state index in [0.717, 1.165) is 28.2 Å². The highest BCUT2D eigenvalue weighted by Gasteiger charge is 2.35. The van der Waals surface area contributed by atoms with E-state index < -0.39 is 0 Å². The van der Waals surface area contributed by atoms with Crippen molar-refractivity contribution in [3.05, 3.63) is 27.7 Å². The van der Waals surface area contributed by atoms with Gasteiger partial charge in [0.1, 0.15) is 0 Å².